The number of aliphatic hydroxyl groups excluding tert-OH is 1. The van der Waals surface area contributed by atoms with Crippen molar-refractivity contribution in [1.82, 2.24) is 15.2 Å². The van der Waals surface area contributed by atoms with Gasteiger partial charge in [0.05, 0.1) is 46.2 Å². The van der Waals surface area contributed by atoms with E-state index in [9.17, 15) is 15.2 Å². The fourth-order valence-corrected chi connectivity index (χ4v) is 5.67. The van der Waals surface area contributed by atoms with Crippen LogP contribution in [0.3, 0.4) is 0 Å². The average molecular weight is 666 g/mol. The summed E-state index contributed by atoms with van der Waals surface area (Å²) in [6.07, 6.45) is 1.42. The molecule has 8 nitrogen and oxygen atoms in total. The number of alkyl halides is 1. The molecule has 2 heterocycles. The number of aromatic nitrogens is 1. The lowest BCUT2D eigenvalue weighted by Crippen LogP contribution is -2.51. The van der Waals surface area contributed by atoms with Crippen LogP contribution in [0.15, 0.2) is 60.8 Å². The van der Waals surface area contributed by atoms with Crippen LogP contribution in [-0.4, -0.2) is 65.3 Å². The molecule has 4 rings (SSSR count). The van der Waals surface area contributed by atoms with E-state index in [-0.39, 0.29) is 25.1 Å². The molecule has 0 saturated carbocycles. The Kier molecular flexibility index (Phi) is 9.46. The third-order valence-electron chi connectivity index (χ3n) is 6.35. The number of piperazine rings is 1. The second-order valence-electron chi connectivity index (χ2n) is 8.94. The van der Waals surface area contributed by atoms with E-state index in [0.717, 1.165) is 11.3 Å². The summed E-state index contributed by atoms with van der Waals surface area (Å²) in [4.78, 5) is 20.8. The molecular formula is C27H26Cl2IN5O3. The van der Waals surface area contributed by atoms with Crippen LogP contribution in [0.5, 0.6) is 0 Å². The zero-order valence-corrected chi connectivity index (χ0v) is 24.0. The van der Waals surface area contributed by atoms with Gasteiger partial charge in [0, 0.05) is 43.9 Å². The van der Waals surface area contributed by atoms with Gasteiger partial charge in [-0.3, -0.25) is 14.7 Å². The highest BCUT2D eigenvalue weighted by atomic mass is 127. The summed E-state index contributed by atoms with van der Waals surface area (Å²) < 4.78 is -1.29. The predicted molar refractivity (Wildman–Crippen MR) is 156 cm³/mol. The normalized spacial score (nSPS) is 17.5. The van der Waals surface area contributed by atoms with Gasteiger partial charge in [-0.2, -0.15) is 5.26 Å². The summed E-state index contributed by atoms with van der Waals surface area (Å²) in [6.45, 7) is 2.23. The number of nitrogens with one attached hydrogen (secondary N) is 1. The number of carbonyl (C=O) groups excluding carboxylic acids is 1. The molecule has 0 spiro atoms. The van der Waals surface area contributed by atoms with Gasteiger partial charge in [0.25, 0.3) is 5.91 Å². The summed E-state index contributed by atoms with van der Waals surface area (Å²) >= 11 is 14.7. The molecule has 0 radical (unpaired) electrons. The molecule has 0 unspecified atom stereocenters. The van der Waals surface area contributed by atoms with Crippen molar-refractivity contribution in [3.05, 3.63) is 93.2 Å². The number of hydrogen-bond acceptors (Lipinski definition) is 7. The van der Waals surface area contributed by atoms with Crippen molar-refractivity contribution in [3.63, 3.8) is 0 Å². The van der Waals surface area contributed by atoms with Crippen molar-refractivity contribution >= 4 is 57.4 Å². The van der Waals surface area contributed by atoms with Crippen molar-refractivity contribution in [2.45, 2.75) is 9.65 Å². The number of aliphatic hydroxyl groups is 2. The Hall–Kier alpha value is -2.46. The van der Waals surface area contributed by atoms with E-state index < -0.39 is 3.61 Å². The molecule has 1 fully saturated rings. The monoisotopic (exact) mass is 665 g/mol. The number of nitriles is 1. The quantitative estimate of drug-likeness (QED) is 0.245. The van der Waals surface area contributed by atoms with Gasteiger partial charge in [-0.25, -0.2) is 0 Å². The van der Waals surface area contributed by atoms with Gasteiger partial charge in [0.1, 0.15) is 0 Å². The number of rotatable bonds is 8. The van der Waals surface area contributed by atoms with Crippen LogP contribution in [0.1, 0.15) is 33.2 Å². The summed E-state index contributed by atoms with van der Waals surface area (Å²) in [7, 11) is 0. The lowest BCUT2D eigenvalue weighted by atomic mass is 10.0. The minimum Gasteiger partial charge on any atom is -0.395 e. The Morgan fingerprint density at radius 1 is 1.18 bits per heavy atom. The van der Waals surface area contributed by atoms with Crippen molar-refractivity contribution in [2.75, 3.05) is 44.2 Å². The van der Waals surface area contributed by atoms with Crippen molar-refractivity contribution in [3.8, 4) is 6.07 Å². The maximum Gasteiger partial charge on any atom is 0.252 e. The molecule has 1 saturated heterocycles. The largest absolute Gasteiger partial charge is 0.395 e. The molecule has 1 aliphatic rings. The van der Waals surface area contributed by atoms with Gasteiger partial charge in [0.2, 0.25) is 0 Å². The summed E-state index contributed by atoms with van der Waals surface area (Å²) in [5.74, 6) is -0.335. The van der Waals surface area contributed by atoms with Gasteiger partial charge in [-0.15, -0.1) is 0 Å². The van der Waals surface area contributed by atoms with Crippen LogP contribution in [-0.2, 0) is 3.61 Å². The number of halogens is 3. The second kappa shape index (κ2) is 12.6. The molecule has 2 atom stereocenters. The topological polar surface area (TPSA) is 113 Å². The van der Waals surface area contributed by atoms with Gasteiger partial charge in [0.15, 0.2) is 3.61 Å². The molecular weight excluding hydrogens is 640 g/mol. The Labute approximate surface area is 244 Å². The zero-order valence-electron chi connectivity index (χ0n) is 20.3. The Morgan fingerprint density at radius 3 is 2.58 bits per heavy atom. The number of pyridine rings is 1. The van der Waals surface area contributed by atoms with Crippen LogP contribution < -0.4 is 10.2 Å². The van der Waals surface area contributed by atoms with Crippen molar-refractivity contribution in [2.24, 2.45) is 0 Å². The number of benzene rings is 2. The number of amides is 1. The lowest BCUT2D eigenvalue weighted by molar-refractivity contribution is 0.0825. The first-order valence-corrected chi connectivity index (χ1v) is 13.8. The molecule has 1 aliphatic heterocycles. The van der Waals surface area contributed by atoms with E-state index >= 15 is 0 Å². The highest BCUT2D eigenvalue weighted by Crippen LogP contribution is 2.37. The van der Waals surface area contributed by atoms with E-state index in [1.807, 2.05) is 52.9 Å². The van der Waals surface area contributed by atoms with E-state index in [4.69, 9.17) is 28.3 Å². The van der Waals surface area contributed by atoms with Crippen LogP contribution >= 0.6 is 45.8 Å². The number of hydrogen-bond donors (Lipinski definition) is 3. The second-order valence-corrected chi connectivity index (χ2v) is 11.6. The number of anilines is 1. The predicted octanol–water partition coefficient (Wildman–Crippen LogP) is 4.13. The number of nitrogens with zero attached hydrogens (tertiary/aromatic N) is 4. The highest BCUT2D eigenvalue weighted by Gasteiger charge is 2.35. The first kappa shape index (κ1) is 28.5. The van der Waals surface area contributed by atoms with Gasteiger partial charge < -0.3 is 20.4 Å². The first-order valence-electron chi connectivity index (χ1n) is 11.9. The van der Waals surface area contributed by atoms with Crippen LogP contribution in [0, 0.1) is 11.3 Å². The Bertz CT molecular complexity index is 1320. The van der Waals surface area contributed by atoms with Gasteiger partial charge in [-0.1, -0.05) is 35.3 Å². The fourth-order valence-electron chi connectivity index (χ4n) is 4.45. The molecule has 0 aliphatic carbocycles. The standard InChI is InChI=1S/C27H26Cl2IN5O3/c28-21-5-2-19(3-6-21)24-16-34(10-11-35(24)23-7-1-18(14-31)13-22(23)29)17-27(30,38)25-8-4-20(15-33-25)26(37)32-9-12-36/h1-8,13,15,24,36,38H,9-12,16-17H2,(H,32,37)/t24-,27+/m0/s1. The summed E-state index contributed by atoms with van der Waals surface area (Å²) in [5.41, 5.74) is 3.18. The third-order valence-corrected chi connectivity index (χ3v) is 7.80. The van der Waals surface area contributed by atoms with Gasteiger partial charge >= 0.3 is 0 Å². The molecule has 1 amide bonds. The average Bonchev–Trinajstić information content (AvgIpc) is 2.92. The molecule has 3 aromatic rings. The summed E-state index contributed by atoms with van der Waals surface area (Å²) in [5, 5.41) is 33.2. The van der Waals surface area contributed by atoms with E-state index in [2.05, 4.69) is 26.2 Å². The van der Waals surface area contributed by atoms with Crippen LogP contribution in [0.4, 0.5) is 5.69 Å². The maximum atomic E-state index is 12.1. The first-order chi connectivity index (χ1) is 18.2. The molecule has 2 aromatic carbocycles. The molecule has 11 heteroatoms. The maximum absolute atomic E-state index is 12.1. The Morgan fingerprint density at radius 2 is 1.95 bits per heavy atom. The number of β-amino-alcohol motifs (C(OH)–C–C–N with tert-alkyl or cyclic N) is 1. The smallest absolute Gasteiger partial charge is 0.252 e. The van der Waals surface area contributed by atoms with Crippen LogP contribution in [0.25, 0.3) is 0 Å². The molecule has 0 bridgehead atoms. The third kappa shape index (κ3) is 6.75. The SMILES string of the molecule is N#Cc1ccc(N2CCN(C[C@](O)(I)c3ccc(C(=O)NCCO)cn3)C[C@H]2c2ccc(Cl)cc2)c(Cl)c1. The minimum absolute atomic E-state index is 0.0794. The molecule has 1 aromatic heterocycles. The Balaban J connectivity index is 1.54. The van der Waals surface area contributed by atoms with E-state index in [1.165, 1.54) is 6.20 Å². The lowest BCUT2D eigenvalue weighted by Gasteiger charge is -2.44. The molecule has 38 heavy (non-hydrogen) atoms. The van der Waals surface area contributed by atoms with Crippen molar-refractivity contribution < 1.29 is 15.0 Å². The highest BCUT2D eigenvalue weighted by molar-refractivity contribution is 14.1. The van der Waals surface area contributed by atoms with Crippen LogP contribution in [0.2, 0.25) is 10.0 Å². The zero-order chi connectivity index (χ0) is 27.3. The number of carbonyl (C=O) groups is 1. The van der Waals surface area contributed by atoms with Crippen molar-refractivity contribution in [1.29, 1.82) is 5.26 Å². The van der Waals surface area contributed by atoms with E-state index in [0.29, 0.717) is 53.0 Å². The van der Waals surface area contributed by atoms with Gasteiger partial charge in [-0.05, 0) is 70.6 Å². The fraction of sp³-hybridized carbons (Fsp3) is 0.296. The molecule has 3 N–H and O–H groups in total. The minimum atomic E-state index is -1.29. The van der Waals surface area contributed by atoms with E-state index in [1.54, 1.807) is 24.3 Å². The molecule has 198 valence electrons. The summed E-state index contributed by atoms with van der Waals surface area (Å²) in [6, 6.07) is 18.3.